The van der Waals surface area contributed by atoms with Gasteiger partial charge in [0.15, 0.2) is 5.76 Å². The third-order valence-corrected chi connectivity index (χ3v) is 7.03. The first kappa shape index (κ1) is 19.0. The number of hydrogen-bond acceptors (Lipinski definition) is 4. The minimum absolute atomic E-state index is 0.167. The van der Waals surface area contributed by atoms with E-state index in [1.165, 1.54) is 16.4 Å². The average Bonchev–Trinajstić information content (AvgIpc) is 3.31. The minimum Gasteiger partial charge on any atom is -0.451 e. The van der Waals surface area contributed by atoms with Crippen LogP contribution in [0.25, 0.3) is 11.0 Å². The maximum atomic E-state index is 12.7. The smallest absolute Gasteiger partial charge is 0.291 e. The number of sulfonamides is 1. The number of anilines is 1. The number of aryl methyl sites for hydroxylation is 1. The van der Waals surface area contributed by atoms with Crippen LogP contribution in [0.1, 0.15) is 29.0 Å². The molecule has 2 heterocycles. The van der Waals surface area contributed by atoms with Crippen molar-refractivity contribution in [2.24, 2.45) is 0 Å². The second-order valence-corrected chi connectivity index (χ2v) is 9.16. The van der Waals surface area contributed by atoms with Crippen LogP contribution in [0.5, 0.6) is 0 Å². The van der Waals surface area contributed by atoms with Crippen molar-refractivity contribution in [1.82, 2.24) is 4.31 Å². The van der Waals surface area contributed by atoms with Gasteiger partial charge in [-0.3, -0.25) is 4.79 Å². The molecule has 4 rings (SSSR count). The highest BCUT2D eigenvalue weighted by molar-refractivity contribution is 7.89. The molecule has 6 nitrogen and oxygen atoms in total. The van der Waals surface area contributed by atoms with Gasteiger partial charge in [-0.1, -0.05) is 17.7 Å². The Morgan fingerprint density at radius 2 is 1.89 bits per heavy atom. The van der Waals surface area contributed by atoms with E-state index < -0.39 is 15.9 Å². The third-order valence-electron chi connectivity index (χ3n) is 4.90. The standard InChI is InChI=1S/C20H19ClN2O4S/c1-13-17-11-14(21)7-8-18(17)27-19(13)20(24)22-15-5-4-6-16(12-15)28(25,26)23-9-2-3-10-23/h4-8,11-12H,2-3,9-10H2,1H3,(H,22,24). The molecule has 1 aliphatic rings. The van der Waals surface area contributed by atoms with E-state index in [1.807, 2.05) is 0 Å². The van der Waals surface area contributed by atoms with E-state index in [2.05, 4.69) is 5.32 Å². The van der Waals surface area contributed by atoms with Gasteiger partial charge in [-0.15, -0.1) is 0 Å². The van der Waals surface area contributed by atoms with Gasteiger partial charge in [0.05, 0.1) is 4.90 Å². The van der Waals surface area contributed by atoms with E-state index >= 15 is 0 Å². The number of furan rings is 1. The van der Waals surface area contributed by atoms with Crippen molar-refractivity contribution in [3.63, 3.8) is 0 Å². The number of hydrogen-bond donors (Lipinski definition) is 1. The molecule has 0 unspecified atom stereocenters. The number of rotatable bonds is 4. The lowest BCUT2D eigenvalue weighted by Crippen LogP contribution is -2.27. The molecular formula is C20H19ClN2O4S. The topological polar surface area (TPSA) is 79.6 Å². The van der Waals surface area contributed by atoms with Crippen LogP contribution in [0.3, 0.4) is 0 Å². The normalized spacial score (nSPS) is 15.2. The van der Waals surface area contributed by atoms with Crippen molar-refractivity contribution in [3.05, 3.63) is 58.8 Å². The Kier molecular flexibility index (Phi) is 4.91. The van der Waals surface area contributed by atoms with Gasteiger partial charge in [0.25, 0.3) is 5.91 Å². The molecule has 1 N–H and O–H groups in total. The van der Waals surface area contributed by atoms with Crippen molar-refractivity contribution >= 4 is 44.2 Å². The van der Waals surface area contributed by atoms with Gasteiger partial charge >= 0.3 is 0 Å². The monoisotopic (exact) mass is 418 g/mol. The summed E-state index contributed by atoms with van der Waals surface area (Å²) in [7, 11) is -3.55. The predicted molar refractivity (Wildman–Crippen MR) is 108 cm³/mol. The van der Waals surface area contributed by atoms with Crippen molar-refractivity contribution in [2.75, 3.05) is 18.4 Å². The SMILES string of the molecule is Cc1c(C(=O)Nc2cccc(S(=O)(=O)N3CCCC3)c2)oc2ccc(Cl)cc12. The Morgan fingerprint density at radius 1 is 1.14 bits per heavy atom. The number of nitrogens with one attached hydrogen (secondary N) is 1. The van der Waals surface area contributed by atoms with Crippen molar-refractivity contribution in [2.45, 2.75) is 24.7 Å². The van der Waals surface area contributed by atoms with E-state index in [-0.39, 0.29) is 10.7 Å². The van der Waals surface area contributed by atoms with E-state index in [4.69, 9.17) is 16.0 Å². The van der Waals surface area contributed by atoms with Gasteiger partial charge in [-0.25, -0.2) is 8.42 Å². The highest BCUT2D eigenvalue weighted by atomic mass is 35.5. The van der Waals surface area contributed by atoms with Crippen molar-refractivity contribution in [1.29, 1.82) is 0 Å². The number of fused-ring (bicyclic) bond motifs is 1. The minimum atomic E-state index is -3.55. The fraction of sp³-hybridized carbons (Fsp3) is 0.250. The van der Waals surface area contributed by atoms with E-state index in [0.717, 1.165) is 18.2 Å². The van der Waals surface area contributed by atoms with Crippen LogP contribution in [0.2, 0.25) is 5.02 Å². The van der Waals surface area contributed by atoms with Gasteiger partial charge in [0, 0.05) is 34.7 Å². The highest BCUT2D eigenvalue weighted by Crippen LogP contribution is 2.29. The number of nitrogens with zero attached hydrogens (tertiary/aromatic N) is 1. The van der Waals surface area contributed by atoms with Crippen LogP contribution < -0.4 is 5.32 Å². The molecule has 1 aromatic heterocycles. The molecule has 1 fully saturated rings. The van der Waals surface area contributed by atoms with Gasteiger partial charge < -0.3 is 9.73 Å². The molecular weight excluding hydrogens is 400 g/mol. The second kappa shape index (κ2) is 7.24. The molecule has 28 heavy (non-hydrogen) atoms. The predicted octanol–water partition coefficient (Wildman–Crippen LogP) is 4.43. The summed E-state index contributed by atoms with van der Waals surface area (Å²) in [5.41, 5.74) is 1.64. The lowest BCUT2D eigenvalue weighted by Gasteiger charge is -2.16. The Hall–Kier alpha value is -2.35. The van der Waals surface area contributed by atoms with Gasteiger partial charge in [-0.2, -0.15) is 4.31 Å². The quantitative estimate of drug-likeness (QED) is 0.679. The van der Waals surface area contributed by atoms with Gasteiger partial charge in [0.2, 0.25) is 10.0 Å². The fourth-order valence-corrected chi connectivity index (χ4v) is 5.15. The molecule has 1 saturated heterocycles. The Bertz CT molecular complexity index is 1160. The van der Waals surface area contributed by atoms with Crippen LogP contribution >= 0.6 is 11.6 Å². The molecule has 146 valence electrons. The zero-order valence-corrected chi connectivity index (χ0v) is 16.8. The summed E-state index contributed by atoms with van der Waals surface area (Å²) in [6.45, 7) is 2.84. The molecule has 3 aromatic rings. The van der Waals surface area contributed by atoms with E-state index in [1.54, 1.807) is 37.3 Å². The van der Waals surface area contributed by atoms with Gasteiger partial charge in [-0.05, 0) is 56.2 Å². The van der Waals surface area contributed by atoms with Crippen LogP contribution in [-0.4, -0.2) is 31.7 Å². The first-order valence-electron chi connectivity index (χ1n) is 8.96. The lowest BCUT2D eigenvalue weighted by atomic mass is 10.1. The Morgan fingerprint density at radius 3 is 2.64 bits per heavy atom. The maximum Gasteiger partial charge on any atom is 0.291 e. The summed E-state index contributed by atoms with van der Waals surface area (Å²) in [5, 5.41) is 4.05. The van der Waals surface area contributed by atoms with Crippen LogP contribution in [0, 0.1) is 6.92 Å². The van der Waals surface area contributed by atoms with E-state index in [0.29, 0.717) is 34.9 Å². The molecule has 0 saturated carbocycles. The molecule has 1 aliphatic heterocycles. The summed E-state index contributed by atoms with van der Waals surface area (Å²) in [6, 6.07) is 11.4. The molecule has 1 amide bonds. The van der Waals surface area contributed by atoms with Crippen LogP contribution in [0.15, 0.2) is 51.8 Å². The molecule has 0 aliphatic carbocycles. The van der Waals surface area contributed by atoms with Crippen molar-refractivity contribution in [3.8, 4) is 0 Å². The van der Waals surface area contributed by atoms with Crippen LogP contribution in [0.4, 0.5) is 5.69 Å². The molecule has 0 bridgehead atoms. The molecule has 8 heteroatoms. The number of carbonyl (C=O) groups excluding carboxylic acids is 1. The molecule has 0 radical (unpaired) electrons. The fourth-order valence-electron chi connectivity index (χ4n) is 3.41. The Balaban J connectivity index is 1.61. The first-order chi connectivity index (χ1) is 13.4. The lowest BCUT2D eigenvalue weighted by molar-refractivity contribution is 0.0998. The summed E-state index contributed by atoms with van der Waals surface area (Å²) in [5.74, 6) is -0.273. The Labute approximate surface area is 168 Å². The highest BCUT2D eigenvalue weighted by Gasteiger charge is 2.27. The first-order valence-corrected chi connectivity index (χ1v) is 10.8. The molecule has 0 atom stereocenters. The van der Waals surface area contributed by atoms with Gasteiger partial charge in [0.1, 0.15) is 5.58 Å². The number of amides is 1. The summed E-state index contributed by atoms with van der Waals surface area (Å²) < 4.78 is 32.6. The third kappa shape index (κ3) is 3.41. The largest absolute Gasteiger partial charge is 0.451 e. The summed E-state index contributed by atoms with van der Waals surface area (Å²) >= 11 is 6.02. The summed E-state index contributed by atoms with van der Waals surface area (Å²) in [4.78, 5) is 12.9. The number of benzene rings is 2. The number of halogens is 1. The second-order valence-electron chi connectivity index (χ2n) is 6.79. The zero-order chi connectivity index (χ0) is 19.9. The van der Waals surface area contributed by atoms with Crippen LogP contribution in [-0.2, 0) is 10.0 Å². The molecule has 2 aromatic carbocycles. The van der Waals surface area contributed by atoms with E-state index in [9.17, 15) is 13.2 Å². The average molecular weight is 419 g/mol. The van der Waals surface area contributed by atoms with Crippen molar-refractivity contribution < 1.29 is 17.6 Å². The zero-order valence-electron chi connectivity index (χ0n) is 15.2. The summed E-state index contributed by atoms with van der Waals surface area (Å²) in [6.07, 6.45) is 1.73. The molecule has 0 spiro atoms. The number of carbonyl (C=O) groups is 1. The maximum absolute atomic E-state index is 12.7.